The number of pyridine rings is 1. The van der Waals surface area contributed by atoms with Gasteiger partial charge in [0.05, 0.1) is 0 Å². The molecule has 0 atom stereocenters. The van der Waals surface area contributed by atoms with E-state index in [1.54, 1.807) is 18.3 Å². The minimum atomic E-state index is -1.47. The van der Waals surface area contributed by atoms with Crippen molar-refractivity contribution in [1.29, 1.82) is 0 Å². The normalized spacial score (nSPS) is 14.9. The lowest BCUT2D eigenvalue weighted by molar-refractivity contribution is 0.115. The van der Waals surface area contributed by atoms with Crippen LogP contribution in [0.15, 0.2) is 30.5 Å². The van der Waals surface area contributed by atoms with Gasteiger partial charge in [-0.15, -0.1) is 0 Å². The minimum absolute atomic E-state index is 0.0961. The van der Waals surface area contributed by atoms with Gasteiger partial charge in [0.1, 0.15) is 6.10 Å². The topological polar surface area (TPSA) is 22.1 Å². The number of hydrogen-bond acceptors (Lipinski definition) is 2. The van der Waals surface area contributed by atoms with Crippen molar-refractivity contribution in [3.05, 3.63) is 47.9 Å². The van der Waals surface area contributed by atoms with Crippen molar-refractivity contribution in [3.63, 3.8) is 0 Å². The molecule has 5 heteroatoms. The van der Waals surface area contributed by atoms with Gasteiger partial charge in [-0.3, -0.25) is 0 Å². The van der Waals surface area contributed by atoms with Gasteiger partial charge in [0.25, 0.3) is 0 Å². The van der Waals surface area contributed by atoms with E-state index in [0.717, 1.165) is 31.4 Å². The smallest absolute Gasteiger partial charge is 0.221 e. The number of nitrogens with zero attached hydrogens (tertiary/aromatic N) is 1. The van der Waals surface area contributed by atoms with E-state index in [-0.39, 0.29) is 11.7 Å². The summed E-state index contributed by atoms with van der Waals surface area (Å²) in [5, 5.41) is 0. The molecule has 0 bridgehead atoms. The predicted octanol–water partition coefficient (Wildman–Crippen LogP) is 4.10. The van der Waals surface area contributed by atoms with Crippen LogP contribution in [0.25, 0.3) is 11.1 Å². The molecule has 1 heterocycles. The van der Waals surface area contributed by atoms with Crippen molar-refractivity contribution in [2.24, 2.45) is 0 Å². The Morgan fingerprint density at radius 1 is 1.10 bits per heavy atom. The third kappa shape index (κ3) is 2.35. The molecule has 1 aliphatic rings. The minimum Gasteiger partial charge on any atom is -0.474 e. The first-order valence-corrected chi connectivity index (χ1v) is 6.42. The van der Waals surface area contributed by atoms with Crippen LogP contribution in [-0.4, -0.2) is 11.1 Å². The fourth-order valence-electron chi connectivity index (χ4n) is 2.06. The van der Waals surface area contributed by atoms with E-state index in [1.807, 2.05) is 0 Å². The average molecular weight is 279 g/mol. The molecule has 0 N–H and O–H groups in total. The molecule has 1 aromatic heterocycles. The molecular weight excluding hydrogens is 267 g/mol. The largest absolute Gasteiger partial charge is 0.474 e. The van der Waals surface area contributed by atoms with E-state index in [4.69, 9.17) is 4.74 Å². The second-order valence-electron chi connectivity index (χ2n) is 4.78. The maximum absolute atomic E-state index is 13.3. The molecule has 0 spiro atoms. The summed E-state index contributed by atoms with van der Waals surface area (Å²) in [7, 11) is 0. The van der Waals surface area contributed by atoms with Gasteiger partial charge in [0, 0.05) is 11.8 Å². The van der Waals surface area contributed by atoms with Crippen LogP contribution in [0.4, 0.5) is 13.2 Å². The van der Waals surface area contributed by atoms with Crippen LogP contribution in [0.3, 0.4) is 0 Å². The lowest BCUT2D eigenvalue weighted by Gasteiger charge is -2.26. The Hall–Kier alpha value is -2.04. The van der Waals surface area contributed by atoms with Crippen molar-refractivity contribution in [1.82, 2.24) is 4.98 Å². The van der Waals surface area contributed by atoms with Gasteiger partial charge >= 0.3 is 0 Å². The van der Waals surface area contributed by atoms with Crippen molar-refractivity contribution < 1.29 is 17.9 Å². The van der Waals surface area contributed by atoms with Crippen LogP contribution in [0.2, 0.25) is 0 Å². The number of hydrogen-bond donors (Lipinski definition) is 0. The van der Waals surface area contributed by atoms with Gasteiger partial charge in [0.2, 0.25) is 5.88 Å². The van der Waals surface area contributed by atoms with Gasteiger partial charge in [-0.2, -0.15) is 0 Å². The standard InChI is InChI=1S/C15H12F3NO/c16-12-7-9(8-13(17)14(12)18)11-5-2-6-19-15(11)20-10-3-1-4-10/h2,5-8,10H,1,3-4H2. The molecular formula is C15H12F3NO. The van der Waals surface area contributed by atoms with Crippen molar-refractivity contribution in [2.75, 3.05) is 0 Å². The zero-order valence-corrected chi connectivity index (χ0v) is 10.6. The highest BCUT2D eigenvalue weighted by molar-refractivity contribution is 5.68. The monoisotopic (exact) mass is 279 g/mol. The zero-order valence-electron chi connectivity index (χ0n) is 10.6. The lowest BCUT2D eigenvalue weighted by Crippen LogP contribution is -2.25. The maximum Gasteiger partial charge on any atom is 0.221 e. The average Bonchev–Trinajstić information content (AvgIpc) is 2.40. The number of aromatic nitrogens is 1. The Morgan fingerprint density at radius 3 is 2.40 bits per heavy atom. The van der Waals surface area contributed by atoms with E-state index in [9.17, 15) is 13.2 Å². The second-order valence-corrected chi connectivity index (χ2v) is 4.78. The molecule has 0 unspecified atom stereocenters. The molecule has 1 aliphatic carbocycles. The van der Waals surface area contributed by atoms with Gasteiger partial charge in [0.15, 0.2) is 17.5 Å². The molecule has 104 valence electrons. The molecule has 1 saturated carbocycles. The molecule has 3 rings (SSSR count). The molecule has 0 aliphatic heterocycles. The fraction of sp³-hybridized carbons (Fsp3) is 0.267. The van der Waals surface area contributed by atoms with Crippen LogP contribution in [0.1, 0.15) is 19.3 Å². The molecule has 0 saturated heterocycles. The van der Waals surface area contributed by atoms with Crippen LogP contribution in [-0.2, 0) is 0 Å². The summed E-state index contributed by atoms with van der Waals surface area (Å²) in [6.07, 6.45) is 4.64. The van der Waals surface area contributed by atoms with Gasteiger partial charge < -0.3 is 4.74 Å². The summed E-state index contributed by atoms with van der Waals surface area (Å²) < 4.78 is 45.3. The van der Waals surface area contributed by atoms with E-state index in [2.05, 4.69) is 4.98 Å². The zero-order chi connectivity index (χ0) is 14.1. The molecule has 0 amide bonds. The maximum atomic E-state index is 13.3. The third-order valence-corrected chi connectivity index (χ3v) is 3.40. The first-order valence-electron chi connectivity index (χ1n) is 6.42. The first kappa shape index (κ1) is 13.0. The Balaban J connectivity index is 2.00. The predicted molar refractivity (Wildman–Crippen MR) is 67.8 cm³/mol. The lowest BCUT2D eigenvalue weighted by atomic mass is 9.96. The van der Waals surface area contributed by atoms with Crippen LogP contribution < -0.4 is 4.74 Å². The number of halogens is 3. The quantitative estimate of drug-likeness (QED) is 0.789. The SMILES string of the molecule is Fc1cc(-c2cccnc2OC2CCC2)cc(F)c1F. The number of benzene rings is 1. The van der Waals surface area contributed by atoms with Gasteiger partial charge in [-0.05, 0) is 49.1 Å². The summed E-state index contributed by atoms with van der Waals surface area (Å²) >= 11 is 0. The van der Waals surface area contributed by atoms with Crippen LogP contribution >= 0.6 is 0 Å². The first-order chi connectivity index (χ1) is 9.65. The molecule has 20 heavy (non-hydrogen) atoms. The summed E-state index contributed by atoms with van der Waals surface area (Å²) in [6, 6.07) is 5.18. The van der Waals surface area contributed by atoms with Crippen LogP contribution in [0.5, 0.6) is 5.88 Å². The molecule has 2 nitrogen and oxygen atoms in total. The van der Waals surface area contributed by atoms with Gasteiger partial charge in [-0.1, -0.05) is 0 Å². The summed E-state index contributed by atoms with van der Waals surface area (Å²) in [5.41, 5.74) is 0.668. The van der Waals surface area contributed by atoms with Crippen molar-refractivity contribution >= 4 is 0 Å². The summed E-state index contributed by atoms with van der Waals surface area (Å²) in [6.45, 7) is 0. The fourth-order valence-corrected chi connectivity index (χ4v) is 2.06. The molecule has 2 aromatic rings. The second kappa shape index (κ2) is 5.15. The van der Waals surface area contributed by atoms with Crippen LogP contribution in [0, 0.1) is 17.5 Å². The summed E-state index contributed by atoms with van der Waals surface area (Å²) in [5.74, 6) is -3.60. The Morgan fingerprint density at radius 2 is 1.80 bits per heavy atom. The van der Waals surface area contributed by atoms with E-state index < -0.39 is 17.5 Å². The Bertz CT molecular complexity index is 618. The molecule has 1 aromatic carbocycles. The van der Waals surface area contributed by atoms with E-state index in [0.29, 0.717) is 11.4 Å². The van der Waals surface area contributed by atoms with Crippen molar-refractivity contribution in [2.45, 2.75) is 25.4 Å². The number of rotatable bonds is 3. The highest BCUT2D eigenvalue weighted by Gasteiger charge is 2.22. The Labute approximate surface area is 114 Å². The number of ether oxygens (including phenoxy) is 1. The summed E-state index contributed by atoms with van der Waals surface area (Å²) in [4.78, 5) is 4.10. The van der Waals surface area contributed by atoms with E-state index >= 15 is 0 Å². The third-order valence-electron chi connectivity index (χ3n) is 3.40. The highest BCUT2D eigenvalue weighted by atomic mass is 19.2. The molecule has 0 radical (unpaired) electrons. The highest BCUT2D eigenvalue weighted by Crippen LogP contribution is 2.33. The molecule has 1 fully saturated rings. The van der Waals surface area contributed by atoms with E-state index in [1.165, 1.54) is 0 Å². The van der Waals surface area contributed by atoms with Crippen molar-refractivity contribution in [3.8, 4) is 17.0 Å². The van der Waals surface area contributed by atoms with Gasteiger partial charge in [-0.25, -0.2) is 18.2 Å². The Kier molecular flexibility index (Phi) is 3.34.